The van der Waals surface area contributed by atoms with E-state index in [1.165, 1.54) is 0 Å². The molecular weight excluding hydrogens is 476 g/mol. The van der Waals surface area contributed by atoms with Gasteiger partial charge in [-0.3, -0.25) is 4.90 Å². The summed E-state index contributed by atoms with van der Waals surface area (Å²) in [5, 5.41) is 21.9. The first-order valence-corrected chi connectivity index (χ1v) is 12.9. The minimum atomic E-state index is -0.778. The second kappa shape index (κ2) is 13.6. The number of aliphatic hydroxyl groups is 2. The molecule has 4 aromatic rings. The van der Waals surface area contributed by atoms with Gasteiger partial charge in [0.15, 0.2) is 0 Å². The second-order valence-electron chi connectivity index (χ2n) is 9.45. The van der Waals surface area contributed by atoms with Crippen LogP contribution in [-0.4, -0.2) is 40.4 Å². The largest absolute Gasteiger partial charge is 0.491 e. The number of aliphatic hydroxyl groups excluding tert-OH is 2. The molecule has 4 rings (SSSR count). The highest BCUT2D eigenvalue weighted by atomic mass is 16.5. The van der Waals surface area contributed by atoms with Gasteiger partial charge in [-0.05, 0) is 35.7 Å². The normalized spacial score (nSPS) is 13.6. The van der Waals surface area contributed by atoms with Crippen molar-refractivity contribution in [2.24, 2.45) is 0 Å². The number of rotatable bonds is 13. The third kappa shape index (κ3) is 7.83. The molecule has 0 saturated carbocycles. The predicted octanol–water partition coefficient (Wildman–Crippen LogP) is 5.21. The van der Waals surface area contributed by atoms with Crippen LogP contribution in [-0.2, 0) is 13.2 Å². The van der Waals surface area contributed by atoms with E-state index in [2.05, 4.69) is 4.90 Å². The van der Waals surface area contributed by atoms with Gasteiger partial charge in [0.25, 0.3) is 0 Å². The minimum Gasteiger partial charge on any atom is -0.491 e. The van der Waals surface area contributed by atoms with Gasteiger partial charge in [-0.25, -0.2) is 0 Å². The van der Waals surface area contributed by atoms with Crippen LogP contribution in [0.3, 0.4) is 0 Å². The molecule has 198 valence electrons. The molecule has 4 N–H and O–H groups in total. The smallest absolute Gasteiger partial charge is 0.142 e. The standard InChI is InChI=1S/C32H36N2O4/c1-24(32(36)27-15-9-4-10-16-27)34(20-25-11-5-2-6-12-25)21-28(35)23-37-29-17-18-31(30(33)19-29)38-22-26-13-7-3-8-14-26/h2-19,24,28,32,35-36H,20-23,33H2,1H3/t24?,28-,32?/m0/s1. The highest BCUT2D eigenvalue weighted by molar-refractivity contribution is 5.56. The first-order chi connectivity index (χ1) is 18.5. The van der Waals surface area contributed by atoms with Crippen molar-refractivity contribution < 1.29 is 19.7 Å². The van der Waals surface area contributed by atoms with Crippen molar-refractivity contribution in [2.45, 2.75) is 38.3 Å². The van der Waals surface area contributed by atoms with Crippen molar-refractivity contribution in [2.75, 3.05) is 18.9 Å². The Morgan fingerprint density at radius 1 is 0.763 bits per heavy atom. The Hall–Kier alpha value is -3.84. The van der Waals surface area contributed by atoms with E-state index >= 15 is 0 Å². The van der Waals surface area contributed by atoms with E-state index in [0.29, 0.717) is 36.9 Å². The Labute approximate surface area is 224 Å². The minimum absolute atomic E-state index is 0.0864. The van der Waals surface area contributed by atoms with E-state index in [-0.39, 0.29) is 12.6 Å². The molecular formula is C32H36N2O4. The quantitative estimate of drug-likeness (QED) is 0.213. The zero-order valence-electron chi connectivity index (χ0n) is 21.7. The van der Waals surface area contributed by atoms with Crippen LogP contribution in [0.1, 0.15) is 29.7 Å². The molecule has 0 saturated heterocycles. The summed E-state index contributed by atoms with van der Waals surface area (Å²) in [7, 11) is 0. The molecule has 0 aliphatic rings. The molecule has 0 heterocycles. The van der Waals surface area contributed by atoms with E-state index in [9.17, 15) is 10.2 Å². The summed E-state index contributed by atoms with van der Waals surface area (Å²) in [5.74, 6) is 1.14. The van der Waals surface area contributed by atoms with Gasteiger partial charge in [0.05, 0.1) is 11.8 Å². The molecule has 0 aliphatic carbocycles. The van der Waals surface area contributed by atoms with Crippen molar-refractivity contribution in [1.82, 2.24) is 4.90 Å². The number of nitrogens with zero attached hydrogens (tertiary/aromatic N) is 1. The zero-order chi connectivity index (χ0) is 26.7. The van der Waals surface area contributed by atoms with Crippen LogP contribution in [0.5, 0.6) is 11.5 Å². The van der Waals surface area contributed by atoms with E-state index in [4.69, 9.17) is 15.2 Å². The van der Waals surface area contributed by atoms with Crippen molar-refractivity contribution in [3.63, 3.8) is 0 Å². The Morgan fingerprint density at radius 2 is 1.37 bits per heavy atom. The molecule has 0 amide bonds. The predicted molar refractivity (Wildman–Crippen MR) is 151 cm³/mol. The van der Waals surface area contributed by atoms with Crippen LogP contribution in [0.15, 0.2) is 109 Å². The van der Waals surface area contributed by atoms with Gasteiger partial charge >= 0.3 is 0 Å². The number of nitrogens with two attached hydrogens (primary N) is 1. The van der Waals surface area contributed by atoms with Crippen molar-refractivity contribution >= 4 is 5.69 Å². The van der Waals surface area contributed by atoms with Gasteiger partial charge in [-0.15, -0.1) is 0 Å². The highest BCUT2D eigenvalue weighted by Gasteiger charge is 2.25. The van der Waals surface area contributed by atoms with Crippen LogP contribution >= 0.6 is 0 Å². The van der Waals surface area contributed by atoms with Crippen molar-refractivity contribution in [3.05, 3.63) is 126 Å². The monoisotopic (exact) mass is 512 g/mol. The molecule has 0 aromatic heterocycles. The second-order valence-corrected chi connectivity index (χ2v) is 9.45. The lowest BCUT2D eigenvalue weighted by atomic mass is 10.0. The number of nitrogen functional groups attached to an aromatic ring is 1. The van der Waals surface area contributed by atoms with Crippen LogP contribution < -0.4 is 15.2 Å². The van der Waals surface area contributed by atoms with Gasteiger partial charge in [0, 0.05) is 25.2 Å². The van der Waals surface area contributed by atoms with E-state index in [1.54, 1.807) is 18.2 Å². The Morgan fingerprint density at radius 3 is 2.00 bits per heavy atom. The lowest BCUT2D eigenvalue weighted by molar-refractivity contribution is 0.00901. The SMILES string of the molecule is CC(C(O)c1ccccc1)N(Cc1ccccc1)C[C@H](O)COc1ccc(OCc2ccccc2)c(N)c1. The third-order valence-electron chi connectivity index (χ3n) is 6.51. The molecule has 6 heteroatoms. The molecule has 2 unspecified atom stereocenters. The van der Waals surface area contributed by atoms with Gasteiger partial charge in [0.1, 0.15) is 30.8 Å². The number of anilines is 1. The third-order valence-corrected chi connectivity index (χ3v) is 6.51. The van der Waals surface area contributed by atoms with Gasteiger partial charge < -0.3 is 25.4 Å². The summed E-state index contributed by atoms with van der Waals surface area (Å²) in [6.45, 7) is 3.40. The average molecular weight is 513 g/mol. The summed E-state index contributed by atoms with van der Waals surface area (Å²) in [6.07, 6.45) is -1.48. The van der Waals surface area contributed by atoms with Crippen molar-refractivity contribution in [1.29, 1.82) is 0 Å². The number of hydrogen-bond acceptors (Lipinski definition) is 6. The Bertz CT molecular complexity index is 1240. The van der Waals surface area contributed by atoms with Gasteiger partial charge in [-0.1, -0.05) is 91.0 Å². The van der Waals surface area contributed by atoms with E-state index < -0.39 is 12.2 Å². The van der Waals surface area contributed by atoms with Crippen LogP contribution in [0.4, 0.5) is 5.69 Å². The molecule has 3 atom stereocenters. The number of ether oxygens (including phenoxy) is 2. The molecule has 0 bridgehead atoms. The summed E-state index contributed by atoms with van der Waals surface area (Å²) >= 11 is 0. The first kappa shape index (κ1) is 27.2. The molecule has 38 heavy (non-hydrogen) atoms. The lowest BCUT2D eigenvalue weighted by Gasteiger charge is -2.34. The highest BCUT2D eigenvalue weighted by Crippen LogP contribution is 2.28. The van der Waals surface area contributed by atoms with E-state index in [1.807, 2.05) is 97.9 Å². The summed E-state index contributed by atoms with van der Waals surface area (Å²) in [5.41, 5.74) is 9.66. The maximum Gasteiger partial charge on any atom is 0.142 e. The number of hydrogen-bond donors (Lipinski definition) is 3. The molecule has 0 radical (unpaired) electrons. The van der Waals surface area contributed by atoms with Gasteiger partial charge in [0.2, 0.25) is 0 Å². The fraction of sp³-hybridized carbons (Fsp3) is 0.250. The fourth-order valence-electron chi connectivity index (χ4n) is 4.32. The summed E-state index contributed by atoms with van der Waals surface area (Å²) in [4.78, 5) is 2.08. The molecule has 0 aliphatic heterocycles. The maximum absolute atomic E-state index is 11.1. The fourth-order valence-corrected chi connectivity index (χ4v) is 4.32. The molecule has 0 spiro atoms. The molecule has 0 fully saturated rings. The summed E-state index contributed by atoms with van der Waals surface area (Å²) in [6, 6.07) is 34.6. The van der Waals surface area contributed by atoms with Crippen LogP contribution in [0, 0.1) is 0 Å². The topological polar surface area (TPSA) is 88.2 Å². The first-order valence-electron chi connectivity index (χ1n) is 12.9. The summed E-state index contributed by atoms with van der Waals surface area (Å²) < 4.78 is 11.7. The van der Waals surface area contributed by atoms with E-state index in [0.717, 1.165) is 16.7 Å². The average Bonchev–Trinajstić information content (AvgIpc) is 2.96. The van der Waals surface area contributed by atoms with Crippen molar-refractivity contribution in [3.8, 4) is 11.5 Å². The molecule has 4 aromatic carbocycles. The van der Waals surface area contributed by atoms with Crippen LogP contribution in [0.2, 0.25) is 0 Å². The number of benzene rings is 4. The van der Waals surface area contributed by atoms with Crippen LogP contribution in [0.25, 0.3) is 0 Å². The zero-order valence-corrected chi connectivity index (χ0v) is 21.7. The maximum atomic E-state index is 11.1. The lowest BCUT2D eigenvalue weighted by Crippen LogP contribution is -2.43. The Kier molecular flexibility index (Phi) is 9.76. The molecule has 6 nitrogen and oxygen atoms in total. The van der Waals surface area contributed by atoms with Gasteiger partial charge in [-0.2, -0.15) is 0 Å². The Balaban J connectivity index is 1.36.